The molecule has 1 saturated carbocycles. The highest BCUT2D eigenvalue weighted by Crippen LogP contribution is 2.41. The highest BCUT2D eigenvalue weighted by Gasteiger charge is 2.37. The zero-order valence-corrected chi connectivity index (χ0v) is 11.2. The van der Waals surface area contributed by atoms with Crippen molar-refractivity contribution in [2.24, 2.45) is 11.3 Å². The van der Waals surface area contributed by atoms with Crippen molar-refractivity contribution in [2.45, 2.75) is 58.5 Å². The molecule has 0 aromatic heterocycles. The summed E-state index contributed by atoms with van der Waals surface area (Å²) in [6.45, 7) is 7.25. The van der Waals surface area contributed by atoms with Crippen LogP contribution in [0.15, 0.2) is 0 Å². The van der Waals surface area contributed by atoms with Gasteiger partial charge in [-0.3, -0.25) is 0 Å². The molecule has 1 heterocycles. The molecule has 3 atom stereocenters. The van der Waals surface area contributed by atoms with Gasteiger partial charge in [-0.25, -0.2) is 0 Å². The van der Waals surface area contributed by atoms with Gasteiger partial charge in [0.1, 0.15) is 0 Å². The third-order valence-corrected chi connectivity index (χ3v) is 5.16. The van der Waals surface area contributed by atoms with E-state index < -0.39 is 0 Å². The largest absolute Gasteiger partial charge is 0.310 e. The Morgan fingerprint density at radius 1 is 1.27 bits per heavy atom. The van der Waals surface area contributed by atoms with Crippen LogP contribution >= 0.6 is 11.8 Å². The predicted molar refractivity (Wildman–Crippen MR) is 69.4 cm³/mol. The molecule has 3 unspecified atom stereocenters. The van der Waals surface area contributed by atoms with E-state index in [0.29, 0.717) is 5.41 Å². The number of hydrogen-bond acceptors (Lipinski definition) is 2. The molecule has 2 fully saturated rings. The molecule has 0 bridgehead atoms. The van der Waals surface area contributed by atoms with Crippen molar-refractivity contribution in [1.29, 1.82) is 0 Å². The lowest BCUT2D eigenvalue weighted by atomic mass is 9.91. The van der Waals surface area contributed by atoms with E-state index >= 15 is 0 Å². The zero-order chi connectivity index (χ0) is 10.9. The second-order valence-corrected chi connectivity index (χ2v) is 7.39. The monoisotopic (exact) mass is 227 g/mol. The standard InChI is InChI=1S/C13H25NS/c1-10-7-13(2,3)8-12(10)14-11-5-4-6-15-9-11/h10-12,14H,4-9H2,1-3H3. The summed E-state index contributed by atoms with van der Waals surface area (Å²) < 4.78 is 0. The molecule has 1 nitrogen and oxygen atoms in total. The van der Waals surface area contributed by atoms with E-state index in [9.17, 15) is 0 Å². The van der Waals surface area contributed by atoms with Crippen molar-refractivity contribution >= 4 is 11.8 Å². The van der Waals surface area contributed by atoms with Crippen LogP contribution < -0.4 is 5.32 Å². The normalized spacial score (nSPS) is 40.6. The quantitative estimate of drug-likeness (QED) is 0.777. The maximum Gasteiger partial charge on any atom is 0.0161 e. The average molecular weight is 227 g/mol. The summed E-state index contributed by atoms with van der Waals surface area (Å²) in [5.74, 6) is 3.58. The van der Waals surface area contributed by atoms with Gasteiger partial charge in [-0.05, 0) is 42.8 Å². The number of hydrogen-bond donors (Lipinski definition) is 1. The van der Waals surface area contributed by atoms with Crippen molar-refractivity contribution in [2.75, 3.05) is 11.5 Å². The minimum absolute atomic E-state index is 0.568. The van der Waals surface area contributed by atoms with Gasteiger partial charge in [-0.15, -0.1) is 0 Å². The summed E-state index contributed by atoms with van der Waals surface area (Å²) in [5, 5.41) is 3.90. The molecule has 15 heavy (non-hydrogen) atoms. The van der Waals surface area contributed by atoms with E-state index in [-0.39, 0.29) is 0 Å². The average Bonchev–Trinajstić information content (AvgIpc) is 2.41. The second kappa shape index (κ2) is 4.67. The lowest BCUT2D eigenvalue weighted by Gasteiger charge is -2.28. The van der Waals surface area contributed by atoms with E-state index in [1.165, 1.54) is 37.2 Å². The Labute approximate surface area is 98.8 Å². The van der Waals surface area contributed by atoms with Gasteiger partial charge < -0.3 is 5.32 Å². The molecule has 1 aliphatic heterocycles. The molecule has 2 aliphatic rings. The fraction of sp³-hybridized carbons (Fsp3) is 1.00. The molecule has 2 rings (SSSR count). The minimum Gasteiger partial charge on any atom is -0.310 e. The van der Waals surface area contributed by atoms with Gasteiger partial charge in [0.25, 0.3) is 0 Å². The van der Waals surface area contributed by atoms with E-state index in [0.717, 1.165) is 18.0 Å². The molecule has 1 aliphatic carbocycles. The molecule has 0 spiro atoms. The summed E-state index contributed by atoms with van der Waals surface area (Å²) in [7, 11) is 0. The number of rotatable bonds is 2. The number of nitrogens with one attached hydrogen (secondary N) is 1. The van der Waals surface area contributed by atoms with Gasteiger partial charge in [0.15, 0.2) is 0 Å². The van der Waals surface area contributed by atoms with Crippen LogP contribution in [0.3, 0.4) is 0 Å². The smallest absolute Gasteiger partial charge is 0.0161 e. The molecule has 0 radical (unpaired) electrons. The summed E-state index contributed by atoms with van der Waals surface area (Å²) in [4.78, 5) is 0. The molecule has 0 aromatic carbocycles. The first-order valence-corrected chi connectivity index (χ1v) is 7.56. The van der Waals surface area contributed by atoms with Crippen LogP contribution in [0.25, 0.3) is 0 Å². The minimum atomic E-state index is 0.568. The maximum atomic E-state index is 3.90. The van der Waals surface area contributed by atoms with E-state index in [2.05, 4.69) is 37.8 Å². The highest BCUT2D eigenvalue weighted by atomic mass is 32.2. The Morgan fingerprint density at radius 3 is 2.60 bits per heavy atom. The first-order valence-electron chi connectivity index (χ1n) is 6.41. The van der Waals surface area contributed by atoms with E-state index in [4.69, 9.17) is 0 Å². The van der Waals surface area contributed by atoms with Gasteiger partial charge in [-0.2, -0.15) is 11.8 Å². The lowest BCUT2D eigenvalue weighted by molar-refractivity contribution is 0.350. The van der Waals surface area contributed by atoms with Crippen molar-refractivity contribution in [1.82, 2.24) is 5.32 Å². The van der Waals surface area contributed by atoms with Gasteiger partial charge in [0.05, 0.1) is 0 Å². The third kappa shape index (κ3) is 3.13. The molecule has 0 amide bonds. The van der Waals surface area contributed by atoms with Crippen LogP contribution in [0.4, 0.5) is 0 Å². The van der Waals surface area contributed by atoms with Crippen LogP contribution in [0.2, 0.25) is 0 Å². The SMILES string of the molecule is CC1CC(C)(C)CC1NC1CCCSC1. The topological polar surface area (TPSA) is 12.0 Å². The Morgan fingerprint density at radius 2 is 2.07 bits per heavy atom. The van der Waals surface area contributed by atoms with Crippen molar-refractivity contribution in [3.05, 3.63) is 0 Å². The van der Waals surface area contributed by atoms with E-state index in [1.54, 1.807) is 0 Å². The van der Waals surface area contributed by atoms with Crippen LogP contribution in [-0.4, -0.2) is 23.6 Å². The molecule has 0 aromatic rings. The van der Waals surface area contributed by atoms with Gasteiger partial charge in [0.2, 0.25) is 0 Å². The summed E-state index contributed by atoms with van der Waals surface area (Å²) in [6.07, 6.45) is 5.57. The molecule has 88 valence electrons. The highest BCUT2D eigenvalue weighted by molar-refractivity contribution is 7.99. The lowest BCUT2D eigenvalue weighted by Crippen LogP contribution is -2.42. The fourth-order valence-electron chi connectivity index (χ4n) is 3.29. The molecule has 1 saturated heterocycles. The first kappa shape index (κ1) is 11.8. The zero-order valence-electron chi connectivity index (χ0n) is 10.4. The Bertz CT molecular complexity index is 209. The summed E-state index contributed by atoms with van der Waals surface area (Å²) in [5.41, 5.74) is 0.568. The Hall–Kier alpha value is 0.310. The fourth-order valence-corrected chi connectivity index (χ4v) is 4.38. The summed E-state index contributed by atoms with van der Waals surface area (Å²) in [6, 6.07) is 1.58. The van der Waals surface area contributed by atoms with Crippen LogP contribution in [0.5, 0.6) is 0 Å². The van der Waals surface area contributed by atoms with Gasteiger partial charge in [-0.1, -0.05) is 20.8 Å². The van der Waals surface area contributed by atoms with Crippen LogP contribution in [0.1, 0.15) is 46.5 Å². The molecular weight excluding hydrogens is 202 g/mol. The predicted octanol–water partition coefficient (Wildman–Crippen LogP) is 3.30. The maximum absolute atomic E-state index is 3.90. The van der Waals surface area contributed by atoms with Crippen molar-refractivity contribution in [3.63, 3.8) is 0 Å². The van der Waals surface area contributed by atoms with Gasteiger partial charge >= 0.3 is 0 Å². The molecule has 1 N–H and O–H groups in total. The number of thioether (sulfide) groups is 1. The third-order valence-electron chi connectivity index (χ3n) is 3.94. The Balaban J connectivity index is 1.83. The first-order chi connectivity index (χ1) is 7.07. The van der Waals surface area contributed by atoms with Crippen molar-refractivity contribution < 1.29 is 0 Å². The second-order valence-electron chi connectivity index (χ2n) is 6.24. The molecular formula is C13H25NS. The van der Waals surface area contributed by atoms with Crippen molar-refractivity contribution in [3.8, 4) is 0 Å². The molecule has 2 heteroatoms. The van der Waals surface area contributed by atoms with Gasteiger partial charge in [0, 0.05) is 17.8 Å². The Kier molecular flexibility index (Phi) is 3.67. The van der Waals surface area contributed by atoms with Crippen LogP contribution in [0, 0.1) is 11.3 Å². The summed E-state index contributed by atoms with van der Waals surface area (Å²) >= 11 is 2.13. The van der Waals surface area contributed by atoms with Crippen LogP contribution in [-0.2, 0) is 0 Å². The van der Waals surface area contributed by atoms with E-state index in [1.807, 2.05) is 0 Å².